The summed E-state index contributed by atoms with van der Waals surface area (Å²) >= 11 is 1.41. The molecule has 4 nitrogen and oxygen atoms in total. The molecular weight excluding hydrogens is 284 g/mol. The number of ether oxygens (including phenoxy) is 1. The second kappa shape index (κ2) is 5.87. The molecule has 1 fully saturated rings. The minimum atomic E-state index is -0.0256. The first-order chi connectivity index (χ1) is 10.2. The number of likely N-dealkylation sites (tertiary alicyclic amines) is 1. The summed E-state index contributed by atoms with van der Waals surface area (Å²) in [6.45, 7) is 1.24. The van der Waals surface area contributed by atoms with Crippen molar-refractivity contribution in [3.05, 3.63) is 52.2 Å². The van der Waals surface area contributed by atoms with Crippen molar-refractivity contribution < 1.29 is 9.53 Å². The molecule has 0 saturated carbocycles. The third-order valence-electron chi connectivity index (χ3n) is 3.92. The summed E-state index contributed by atoms with van der Waals surface area (Å²) in [7, 11) is 1.58. The molecule has 2 atom stereocenters. The summed E-state index contributed by atoms with van der Waals surface area (Å²) in [5, 5.41) is 1.87. The molecule has 2 aromatic rings. The van der Waals surface area contributed by atoms with Gasteiger partial charge in [0.25, 0.3) is 5.91 Å². The van der Waals surface area contributed by atoms with Crippen LogP contribution < -0.4 is 10.5 Å². The standard InChI is InChI=1S/C16H18N2O2S/c1-20-14-7-8-21-15(14)16(19)18-9-12(13(17)10-18)11-5-3-2-4-6-11/h2-8,12-13H,9-10,17H2,1H3/t12-,13+/m0/s1. The first-order valence-electron chi connectivity index (χ1n) is 6.92. The highest BCUT2D eigenvalue weighted by Crippen LogP contribution is 2.31. The maximum atomic E-state index is 12.6. The minimum Gasteiger partial charge on any atom is -0.495 e. The van der Waals surface area contributed by atoms with Gasteiger partial charge in [0, 0.05) is 25.0 Å². The number of hydrogen-bond donors (Lipinski definition) is 1. The maximum Gasteiger partial charge on any atom is 0.267 e. The number of rotatable bonds is 3. The van der Waals surface area contributed by atoms with Crippen LogP contribution in [0, 0.1) is 0 Å². The first-order valence-corrected chi connectivity index (χ1v) is 7.80. The molecule has 3 rings (SSSR count). The van der Waals surface area contributed by atoms with Gasteiger partial charge >= 0.3 is 0 Å². The third-order valence-corrected chi connectivity index (χ3v) is 4.81. The first kappa shape index (κ1) is 14.1. The third kappa shape index (κ3) is 2.66. The molecule has 0 radical (unpaired) electrons. The lowest BCUT2D eigenvalue weighted by atomic mass is 9.95. The lowest BCUT2D eigenvalue weighted by Gasteiger charge is -2.16. The lowest BCUT2D eigenvalue weighted by Crippen LogP contribution is -2.31. The quantitative estimate of drug-likeness (QED) is 0.946. The molecule has 110 valence electrons. The van der Waals surface area contributed by atoms with Crippen molar-refractivity contribution in [1.82, 2.24) is 4.90 Å². The van der Waals surface area contributed by atoms with E-state index in [0.717, 1.165) is 0 Å². The molecule has 1 amide bonds. The van der Waals surface area contributed by atoms with E-state index in [-0.39, 0.29) is 17.9 Å². The molecule has 0 spiro atoms. The lowest BCUT2D eigenvalue weighted by molar-refractivity contribution is 0.0791. The predicted octanol–water partition coefficient (Wildman–Crippen LogP) is 2.32. The van der Waals surface area contributed by atoms with Gasteiger partial charge in [0.2, 0.25) is 0 Å². The fraction of sp³-hybridized carbons (Fsp3) is 0.312. The highest BCUT2D eigenvalue weighted by atomic mass is 32.1. The van der Waals surface area contributed by atoms with Crippen molar-refractivity contribution in [2.24, 2.45) is 5.73 Å². The van der Waals surface area contributed by atoms with Crippen LogP contribution in [0.25, 0.3) is 0 Å². The van der Waals surface area contributed by atoms with Crippen molar-refractivity contribution in [2.45, 2.75) is 12.0 Å². The number of hydrogen-bond acceptors (Lipinski definition) is 4. The predicted molar refractivity (Wildman–Crippen MR) is 83.9 cm³/mol. The van der Waals surface area contributed by atoms with Crippen LogP contribution in [0.15, 0.2) is 41.8 Å². The molecule has 0 unspecified atom stereocenters. The van der Waals surface area contributed by atoms with Gasteiger partial charge in [-0.3, -0.25) is 4.79 Å². The van der Waals surface area contributed by atoms with Gasteiger partial charge in [0.15, 0.2) is 0 Å². The molecule has 5 heteroatoms. The highest BCUT2D eigenvalue weighted by molar-refractivity contribution is 7.12. The number of carbonyl (C=O) groups is 1. The van der Waals surface area contributed by atoms with Crippen LogP contribution in [0.1, 0.15) is 21.2 Å². The summed E-state index contributed by atoms with van der Waals surface area (Å²) in [6, 6.07) is 12.0. The number of thiophene rings is 1. The van der Waals surface area contributed by atoms with Gasteiger partial charge in [-0.1, -0.05) is 30.3 Å². The Morgan fingerprint density at radius 3 is 2.76 bits per heavy atom. The fourth-order valence-electron chi connectivity index (χ4n) is 2.81. The summed E-state index contributed by atoms with van der Waals surface area (Å²) in [4.78, 5) is 15.1. The van der Waals surface area contributed by atoms with E-state index in [0.29, 0.717) is 23.7 Å². The zero-order chi connectivity index (χ0) is 14.8. The summed E-state index contributed by atoms with van der Waals surface area (Å²) in [5.74, 6) is 0.846. The topological polar surface area (TPSA) is 55.6 Å². The van der Waals surface area contributed by atoms with Gasteiger partial charge < -0.3 is 15.4 Å². The average molecular weight is 302 g/mol. The van der Waals surface area contributed by atoms with Crippen LogP contribution >= 0.6 is 11.3 Å². The van der Waals surface area contributed by atoms with Crippen LogP contribution in [0.4, 0.5) is 0 Å². The number of nitrogens with two attached hydrogens (primary N) is 1. The summed E-state index contributed by atoms with van der Waals surface area (Å²) in [6.07, 6.45) is 0. The van der Waals surface area contributed by atoms with E-state index in [1.54, 1.807) is 7.11 Å². The average Bonchev–Trinajstić information content (AvgIpc) is 3.13. The van der Waals surface area contributed by atoms with E-state index in [1.807, 2.05) is 34.5 Å². The zero-order valence-electron chi connectivity index (χ0n) is 11.9. The zero-order valence-corrected chi connectivity index (χ0v) is 12.7. The Labute approximate surface area is 128 Å². The van der Waals surface area contributed by atoms with E-state index < -0.39 is 0 Å². The number of benzene rings is 1. The Balaban J connectivity index is 1.78. The van der Waals surface area contributed by atoms with Gasteiger partial charge in [-0.05, 0) is 17.0 Å². The monoisotopic (exact) mass is 302 g/mol. The highest BCUT2D eigenvalue weighted by Gasteiger charge is 2.35. The van der Waals surface area contributed by atoms with E-state index in [1.165, 1.54) is 16.9 Å². The van der Waals surface area contributed by atoms with Crippen LogP contribution in [0.2, 0.25) is 0 Å². The Hall–Kier alpha value is -1.85. The number of methoxy groups -OCH3 is 1. The van der Waals surface area contributed by atoms with Gasteiger partial charge in [0.1, 0.15) is 10.6 Å². The van der Waals surface area contributed by atoms with Crippen molar-refractivity contribution >= 4 is 17.2 Å². The molecular formula is C16H18N2O2S. The van der Waals surface area contributed by atoms with E-state index in [9.17, 15) is 4.79 Å². The SMILES string of the molecule is COc1ccsc1C(=O)N1C[C@@H](N)[C@H](c2ccccc2)C1. The Morgan fingerprint density at radius 2 is 2.05 bits per heavy atom. The van der Waals surface area contributed by atoms with Crippen molar-refractivity contribution in [2.75, 3.05) is 20.2 Å². The second-order valence-electron chi connectivity index (χ2n) is 5.21. The molecule has 2 heterocycles. The van der Waals surface area contributed by atoms with Gasteiger partial charge in [-0.25, -0.2) is 0 Å². The fourth-order valence-corrected chi connectivity index (χ4v) is 3.63. The number of carbonyl (C=O) groups excluding carboxylic acids is 1. The van der Waals surface area contributed by atoms with Gasteiger partial charge in [-0.2, -0.15) is 0 Å². The molecule has 2 N–H and O–H groups in total. The van der Waals surface area contributed by atoms with Crippen molar-refractivity contribution in [3.63, 3.8) is 0 Å². The Kier molecular flexibility index (Phi) is 3.94. The molecule has 1 aliphatic heterocycles. The Morgan fingerprint density at radius 1 is 1.29 bits per heavy atom. The van der Waals surface area contributed by atoms with Crippen molar-refractivity contribution in [3.8, 4) is 5.75 Å². The van der Waals surface area contributed by atoms with Crippen LogP contribution in [0.5, 0.6) is 5.75 Å². The second-order valence-corrected chi connectivity index (χ2v) is 6.13. The molecule has 1 saturated heterocycles. The minimum absolute atomic E-state index is 0.00994. The van der Waals surface area contributed by atoms with Crippen LogP contribution in [0.3, 0.4) is 0 Å². The van der Waals surface area contributed by atoms with E-state index >= 15 is 0 Å². The molecule has 1 aromatic carbocycles. The van der Waals surface area contributed by atoms with Gasteiger partial charge in [0.05, 0.1) is 7.11 Å². The van der Waals surface area contributed by atoms with Crippen LogP contribution in [-0.2, 0) is 0 Å². The van der Waals surface area contributed by atoms with E-state index in [4.69, 9.17) is 10.5 Å². The number of amides is 1. The number of nitrogens with zero attached hydrogens (tertiary/aromatic N) is 1. The van der Waals surface area contributed by atoms with Crippen LogP contribution in [-0.4, -0.2) is 37.0 Å². The van der Waals surface area contributed by atoms with Gasteiger partial charge in [-0.15, -0.1) is 11.3 Å². The molecule has 0 bridgehead atoms. The molecule has 21 heavy (non-hydrogen) atoms. The maximum absolute atomic E-state index is 12.6. The summed E-state index contributed by atoms with van der Waals surface area (Å²) in [5.41, 5.74) is 7.43. The normalized spacial score (nSPS) is 21.5. The Bertz CT molecular complexity index is 626. The molecule has 1 aromatic heterocycles. The summed E-state index contributed by atoms with van der Waals surface area (Å²) < 4.78 is 5.24. The van der Waals surface area contributed by atoms with E-state index in [2.05, 4.69) is 12.1 Å². The molecule has 0 aliphatic carbocycles. The smallest absolute Gasteiger partial charge is 0.267 e. The largest absolute Gasteiger partial charge is 0.495 e. The van der Waals surface area contributed by atoms with Crippen molar-refractivity contribution in [1.29, 1.82) is 0 Å². The molecule has 1 aliphatic rings.